The van der Waals surface area contributed by atoms with Crippen LogP contribution in [0.2, 0.25) is 0 Å². The summed E-state index contributed by atoms with van der Waals surface area (Å²) in [6.45, 7) is 0. The van der Waals surface area contributed by atoms with E-state index in [1.807, 2.05) is 0 Å². The van der Waals surface area contributed by atoms with Gasteiger partial charge in [0.2, 0.25) is 0 Å². The van der Waals surface area contributed by atoms with E-state index in [2.05, 4.69) is 15.6 Å². The van der Waals surface area contributed by atoms with Crippen molar-refractivity contribution in [1.29, 1.82) is 0 Å². The monoisotopic (exact) mass is 263 g/mol. The first-order chi connectivity index (χ1) is 9.10. The second-order valence-electron chi connectivity index (χ2n) is 3.76. The second kappa shape index (κ2) is 5.43. The van der Waals surface area contributed by atoms with Crippen LogP contribution in [0.25, 0.3) is 0 Å². The molecule has 2 N–H and O–H groups in total. The maximum absolute atomic E-state index is 13.4. The Morgan fingerprint density at radius 2 is 2.00 bits per heavy atom. The molecule has 0 atom stereocenters. The number of nitrogens with zero attached hydrogens (tertiary/aromatic N) is 1. The minimum atomic E-state index is -0.709. The SMILES string of the molecule is CNc1ccnc(C(=O)Nc2cc(F)ccc2F)c1. The molecule has 1 aromatic carbocycles. The summed E-state index contributed by atoms with van der Waals surface area (Å²) in [4.78, 5) is 15.7. The molecule has 0 saturated carbocycles. The second-order valence-corrected chi connectivity index (χ2v) is 3.76. The van der Waals surface area contributed by atoms with E-state index in [1.54, 1.807) is 13.1 Å². The normalized spacial score (nSPS) is 10.1. The minimum Gasteiger partial charge on any atom is -0.388 e. The average Bonchev–Trinajstić information content (AvgIpc) is 2.43. The molecule has 0 saturated heterocycles. The zero-order chi connectivity index (χ0) is 13.8. The van der Waals surface area contributed by atoms with Crippen LogP contribution in [-0.4, -0.2) is 17.9 Å². The molecule has 0 aliphatic carbocycles. The summed E-state index contributed by atoms with van der Waals surface area (Å²) in [5, 5.41) is 5.13. The Labute approximate surface area is 108 Å². The third-order valence-electron chi connectivity index (χ3n) is 2.46. The highest BCUT2D eigenvalue weighted by Gasteiger charge is 2.11. The summed E-state index contributed by atoms with van der Waals surface area (Å²) >= 11 is 0. The zero-order valence-electron chi connectivity index (χ0n) is 10.1. The van der Waals surface area contributed by atoms with Crippen LogP contribution in [0.3, 0.4) is 0 Å². The molecule has 0 fully saturated rings. The Morgan fingerprint density at radius 1 is 1.21 bits per heavy atom. The fourth-order valence-corrected chi connectivity index (χ4v) is 1.49. The predicted octanol–water partition coefficient (Wildman–Crippen LogP) is 2.65. The Balaban J connectivity index is 2.22. The van der Waals surface area contributed by atoms with Crippen LogP contribution in [0.1, 0.15) is 10.5 Å². The Morgan fingerprint density at radius 3 is 2.74 bits per heavy atom. The summed E-state index contributed by atoms with van der Waals surface area (Å²) in [5.74, 6) is -1.95. The van der Waals surface area contributed by atoms with Gasteiger partial charge in [-0.2, -0.15) is 0 Å². The largest absolute Gasteiger partial charge is 0.388 e. The van der Waals surface area contributed by atoms with Crippen LogP contribution in [0.5, 0.6) is 0 Å². The van der Waals surface area contributed by atoms with Crippen LogP contribution in [-0.2, 0) is 0 Å². The number of halogens is 2. The first kappa shape index (κ1) is 12.9. The van der Waals surface area contributed by atoms with E-state index in [9.17, 15) is 13.6 Å². The van der Waals surface area contributed by atoms with Gasteiger partial charge in [0.05, 0.1) is 5.69 Å². The number of nitrogens with one attached hydrogen (secondary N) is 2. The number of aromatic nitrogens is 1. The standard InChI is InChI=1S/C13H11F2N3O/c1-16-9-4-5-17-12(7-9)13(19)18-11-6-8(14)2-3-10(11)15/h2-7H,1H3,(H,16,17)(H,18,19). The number of anilines is 2. The lowest BCUT2D eigenvalue weighted by atomic mass is 10.2. The highest BCUT2D eigenvalue weighted by Crippen LogP contribution is 2.16. The van der Waals surface area contributed by atoms with Crippen molar-refractivity contribution in [3.05, 3.63) is 53.9 Å². The number of carbonyl (C=O) groups excluding carboxylic acids is 1. The van der Waals surface area contributed by atoms with Gasteiger partial charge in [-0.05, 0) is 24.3 Å². The van der Waals surface area contributed by atoms with Crippen LogP contribution >= 0.6 is 0 Å². The first-order valence-corrected chi connectivity index (χ1v) is 5.50. The third kappa shape index (κ3) is 3.04. The van der Waals surface area contributed by atoms with Gasteiger partial charge in [0.15, 0.2) is 0 Å². The Bertz CT molecular complexity index is 617. The van der Waals surface area contributed by atoms with E-state index in [0.717, 1.165) is 18.2 Å². The smallest absolute Gasteiger partial charge is 0.274 e. The van der Waals surface area contributed by atoms with E-state index in [0.29, 0.717) is 5.69 Å². The number of benzene rings is 1. The number of carbonyl (C=O) groups is 1. The van der Waals surface area contributed by atoms with Gasteiger partial charge in [-0.3, -0.25) is 9.78 Å². The number of hydrogen-bond donors (Lipinski definition) is 2. The van der Waals surface area contributed by atoms with E-state index < -0.39 is 17.5 Å². The fraction of sp³-hybridized carbons (Fsp3) is 0.0769. The molecule has 0 radical (unpaired) electrons. The van der Waals surface area contributed by atoms with Crippen molar-refractivity contribution in [2.45, 2.75) is 0 Å². The van der Waals surface area contributed by atoms with Crippen molar-refractivity contribution in [1.82, 2.24) is 4.98 Å². The molecule has 0 spiro atoms. The van der Waals surface area contributed by atoms with Crippen molar-refractivity contribution in [2.24, 2.45) is 0 Å². The van der Waals surface area contributed by atoms with Gasteiger partial charge in [-0.25, -0.2) is 8.78 Å². The minimum absolute atomic E-state index is 0.107. The molecule has 2 rings (SSSR count). The first-order valence-electron chi connectivity index (χ1n) is 5.50. The van der Waals surface area contributed by atoms with Crippen molar-refractivity contribution in [3.63, 3.8) is 0 Å². The zero-order valence-corrected chi connectivity index (χ0v) is 10.1. The molecule has 98 valence electrons. The van der Waals surface area contributed by atoms with Crippen LogP contribution in [0.15, 0.2) is 36.5 Å². The lowest BCUT2D eigenvalue weighted by Crippen LogP contribution is -2.15. The number of amides is 1. The maximum atomic E-state index is 13.4. The lowest BCUT2D eigenvalue weighted by molar-refractivity contribution is 0.102. The summed E-state index contributed by atoms with van der Waals surface area (Å²) in [6, 6.07) is 6.02. The quantitative estimate of drug-likeness (QED) is 0.895. The van der Waals surface area contributed by atoms with Gasteiger partial charge < -0.3 is 10.6 Å². The summed E-state index contributed by atoms with van der Waals surface area (Å²) in [7, 11) is 1.70. The molecule has 1 heterocycles. The molecule has 0 bridgehead atoms. The van der Waals surface area contributed by atoms with E-state index in [1.165, 1.54) is 12.3 Å². The average molecular weight is 263 g/mol. The van der Waals surface area contributed by atoms with Crippen molar-refractivity contribution >= 4 is 17.3 Å². The molecule has 0 aliphatic rings. The van der Waals surface area contributed by atoms with Crippen LogP contribution in [0.4, 0.5) is 20.2 Å². The number of hydrogen-bond acceptors (Lipinski definition) is 3. The van der Waals surface area contributed by atoms with Gasteiger partial charge in [0.25, 0.3) is 5.91 Å². The van der Waals surface area contributed by atoms with Crippen molar-refractivity contribution < 1.29 is 13.6 Å². The predicted molar refractivity (Wildman–Crippen MR) is 68.1 cm³/mol. The van der Waals surface area contributed by atoms with E-state index in [-0.39, 0.29) is 11.4 Å². The Kier molecular flexibility index (Phi) is 3.70. The Hall–Kier alpha value is -2.50. The van der Waals surface area contributed by atoms with Gasteiger partial charge in [-0.15, -0.1) is 0 Å². The molecule has 6 heteroatoms. The molecule has 0 unspecified atom stereocenters. The summed E-state index contributed by atoms with van der Waals surface area (Å²) in [6.07, 6.45) is 1.45. The van der Waals surface area contributed by atoms with E-state index in [4.69, 9.17) is 0 Å². The van der Waals surface area contributed by atoms with Gasteiger partial charge >= 0.3 is 0 Å². The van der Waals surface area contributed by atoms with Gasteiger partial charge in [0, 0.05) is 25.0 Å². The van der Waals surface area contributed by atoms with Crippen molar-refractivity contribution in [2.75, 3.05) is 17.7 Å². The molecule has 2 aromatic rings. The molecular weight excluding hydrogens is 252 g/mol. The number of rotatable bonds is 3. The van der Waals surface area contributed by atoms with Gasteiger partial charge in [-0.1, -0.05) is 0 Å². The number of pyridine rings is 1. The molecule has 0 aliphatic heterocycles. The van der Waals surface area contributed by atoms with Crippen molar-refractivity contribution in [3.8, 4) is 0 Å². The molecule has 1 aromatic heterocycles. The molecular formula is C13H11F2N3O. The summed E-state index contributed by atoms with van der Waals surface area (Å²) < 4.78 is 26.4. The van der Waals surface area contributed by atoms with Gasteiger partial charge in [0.1, 0.15) is 17.3 Å². The highest BCUT2D eigenvalue weighted by atomic mass is 19.1. The topological polar surface area (TPSA) is 54.0 Å². The maximum Gasteiger partial charge on any atom is 0.274 e. The highest BCUT2D eigenvalue weighted by molar-refractivity contribution is 6.03. The fourth-order valence-electron chi connectivity index (χ4n) is 1.49. The van der Waals surface area contributed by atoms with Crippen LogP contribution in [0, 0.1) is 11.6 Å². The molecule has 1 amide bonds. The van der Waals surface area contributed by atoms with Crippen LogP contribution < -0.4 is 10.6 Å². The molecule has 4 nitrogen and oxygen atoms in total. The third-order valence-corrected chi connectivity index (χ3v) is 2.46. The van der Waals surface area contributed by atoms with E-state index >= 15 is 0 Å². The molecule has 19 heavy (non-hydrogen) atoms. The summed E-state index contributed by atoms with van der Waals surface area (Å²) in [5.41, 5.74) is 0.581. The lowest BCUT2D eigenvalue weighted by Gasteiger charge is -2.07.